The van der Waals surface area contributed by atoms with Crippen molar-refractivity contribution < 1.29 is 23.8 Å². The van der Waals surface area contributed by atoms with Gasteiger partial charge in [0.2, 0.25) is 0 Å². The van der Waals surface area contributed by atoms with Gasteiger partial charge in [0.25, 0.3) is 0 Å². The summed E-state index contributed by atoms with van der Waals surface area (Å²) in [7, 11) is 0. The van der Waals surface area contributed by atoms with Crippen molar-refractivity contribution in [1.29, 1.82) is 0 Å². The van der Waals surface area contributed by atoms with Crippen LogP contribution in [0.4, 0.5) is 0 Å². The minimum Gasteiger partial charge on any atom is -0.463 e. The fourth-order valence-corrected chi connectivity index (χ4v) is 1.50. The summed E-state index contributed by atoms with van der Waals surface area (Å²) < 4.78 is 15.0. The quantitative estimate of drug-likeness (QED) is 0.347. The molecule has 0 amide bonds. The monoisotopic (exact) mass is 290 g/mol. The molecule has 0 aromatic rings. The average molecular weight is 290 g/mol. The zero-order valence-electron chi connectivity index (χ0n) is 11.8. The molecule has 0 aromatic carbocycles. The van der Waals surface area contributed by atoms with Crippen LogP contribution in [-0.2, 0) is 23.8 Å². The second-order valence-electron chi connectivity index (χ2n) is 3.79. The van der Waals surface area contributed by atoms with Gasteiger partial charge in [0.1, 0.15) is 13.2 Å². The molecule has 0 heterocycles. The molecule has 0 saturated heterocycles. The number of thioether (sulfide) groups is 1. The van der Waals surface area contributed by atoms with E-state index in [-0.39, 0.29) is 13.2 Å². The molecular weight excluding hydrogens is 268 g/mol. The molecule has 0 N–H and O–H groups in total. The first-order valence-corrected chi connectivity index (χ1v) is 7.33. The van der Waals surface area contributed by atoms with Gasteiger partial charge in [-0.1, -0.05) is 13.5 Å². The molecule has 19 heavy (non-hydrogen) atoms. The fourth-order valence-electron chi connectivity index (χ4n) is 1.01. The van der Waals surface area contributed by atoms with E-state index in [0.717, 1.165) is 11.5 Å². The van der Waals surface area contributed by atoms with Crippen molar-refractivity contribution in [3.8, 4) is 0 Å². The Hall–Kier alpha value is -1.01. The molecular formula is C13H22O5S. The van der Waals surface area contributed by atoms with Gasteiger partial charge in [-0.05, 0) is 19.6 Å². The number of hydrogen-bond donors (Lipinski definition) is 0. The summed E-state index contributed by atoms with van der Waals surface area (Å²) >= 11 is 1.71. The SMILES string of the molecule is C=C(C)C(=O)OCCOC(C)C(=O)OCCSCC. The second kappa shape index (κ2) is 10.9. The molecule has 0 radical (unpaired) electrons. The van der Waals surface area contributed by atoms with Crippen molar-refractivity contribution >= 4 is 23.7 Å². The Labute approximate surface area is 118 Å². The van der Waals surface area contributed by atoms with E-state index in [1.165, 1.54) is 0 Å². The lowest BCUT2D eigenvalue weighted by Crippen LogP contribution is -2.26. The molecule has 1 atom stereocenters. The highest BCUT2D eigenvalue weighted by Gasteiger charge is 2.14. The van der Waals surface area contributed by atoms with Crippen molar-refractivity contribution in [3.05, 3.63) is 12.2 Å². The highest BCUT2D eigenvalue weighted by atomic mass is 32.2. The lowest BCUT2D eigenvalue weighted by atomic mass is 10.4. The van der Waals surface area contributed by atoms with Crippen LogP contribution >= 0.6 is 11.8 Å². The van der Waals surface area contributed by atoms with E-state index in [1.54, 1.807) is 25.6 Å². The summed E-state index contributed by atoms with van der Waals surface area (Å²) in [6, 6.07) is 0. The average Bonchev–Trinajstić information content (AvgIpc) is 2.38. The van der Waals surface area contributed by atoms with Gasteiger partial charge in [0.15, 0.2) is 6.10 Å². The maximum absolute atomic E-state index is 11.5. The second-order valence-corrected chi connectivity index (χ2v) is 5.19. The van der Waals surface area contributed by atoms with Gasteiger partial charge in [-0.15, -0.1) is 0 Å². The molecule has 0 aliphatic heterocycles. The van der Waals surface area contributed by atoms with E-state index in [0.29, 0.717) is 12.2 Å². The number of rotatable bonds is 10. The normalized spacial score (nSPS) is 11.7. The molecule has 1 unspecified atom stereocenters. The standard InChI is InChI=1S/C13H22O5S/c1-5-19-9-8-18-13(15)11(4)16-6-7-17-12(14)10(2)3/h11H,2,5-9H2,1,3-4H3. The highest BCUT2D eigenvalue weighted by Crippen LogP contribution is 2.00. The topological polar surface area (TPSA) is 61.8 Å². The maximum atomic E-state index is 11.5. The summed E-state index contributed by atoms with van der Waals surface area (Å²) in [4.78, 5) is 22.5. The predicted octanol–water partition coefficient (Wildman–Crippen LogP) is 1.81. The molecule has 0 spiro atoms. The smallest absolute Gasteiger partial charge is 0.334 e. The fraction of sp³-hybridized carbons (Fsp3) is 0.692. The lowest BCUT2D eigenvalue weighted by molar-refractivity contribution is -0.156. The van der Waals surface area contributed by atoms with Gasteiger partial charge >= 0.3 is 11.9 Å². The zero-order valence-corrected chi connectivity index (χ0v) is 12.6. The van der Waals surface area contributed by atoms with E-state index in [9.17, 15) is 9.59 Å². The van der Waals surface area contributed by atoms with Gasteiger partial charge in [-0.2, -0.15) is 11.8 Å². The van der Waals surface area contributed by atoms with E-state index in [2.05, 4.69) is 6.58 Å². The van der Waals surface area contributed by atoms with Crippen LogP contribution in [0.3, 0.4) is 0 Å². The maximum Gasteiger partial charge on any atom is 0.334 e. The number of esters is 2. The van der Waals surface area contributed by atoms with Crippen LogP contribution in [0.1, 0.15) is 20.8 Å². The van der Waals surface area contributed by atoms with Crippen molar-refractivity contribution in [2.45, 2.75) is 26.9 Å². The number of ether oxygens (including phenoxy) is 3. The molecule has 0 saturated carbocycles. The Kier molecular flexibility index (Phi) is 10.3. The number of hydrogen-bond acceptors (Lipinski definition) is 6. The highest BCUT2D eigenvalue weighted by molar-refractivity contribution is 7.99. The summed E-state index contributed by atoms with van der Waals surface area (Å²) in [6.45, 7) is 9.30. The van der Waals surface area contributed by atoms with Crippen LogP contribution in [0.25, 0.3) is 0 Å². The van der Waals surface area contributed by atoms with Crippen LogP contribution in [-0.4, -0.2) is 49.4 Å². The molecule has 0 aliphatic rings. The Balaban J connectivity index is 3.62. The third-order valence-electron chi connectivity index (χ3n) is 2.04. The van der Waals surface area contributed by atoms with Crippen molar-refractivity contribution in [1.82, 2.24) is 0 Å². The summed E-state index contributed by atoms with van der Waals surface area (Å²) in [6.07, 6.45) is -0.657. The zero-order chi connectivity index (χ0) is 14.7. The molecule has 6 heteroatoms. The summed E-state index contributed by atoms with van der Waals surface area (Å²) in [5.41, 5.74) is 0.334. The van der Waals surface area contributed by atoms with E-state index in [1.807, 2.05) is 6.92 Å². The van der Waals surface area contributed by atoms with Gasteiger partial charge in [0, 0.05) is 11.3 Å². The molecule has 0 aliphatic carbocycles. The lowest BCUT2D eigenvalue weighted by Gasteiger charge is -2.12. The van der Waals surface area contributed by atoms with Crippen molar-refractivity contribution in [2.75, 3.05) is 31.3 Å². The van der Waals surface area contributed by atoms with Crippen LogP contribution in [0.15, 0.2) is 12.2 Å². The van der Waals surface area contributed by atoms with Gasteiger partial charge in [-0.25, -0.2) is 9.59 Å². The summed E-state index contributed by atoms with van der Waals surface area (Å²) in [5.74, 6) is 0.918. The largest absolute Gasteiger partial charge is 0.463 e. The van der Waals surface area contributed by atoms with Gasteiger partial charge < -0.3 is 14.2 Å². The van der Waals surface area contributed by atoms with Crippen molar-refractivity contribution in [3.63, 3.8) is 0 Å². The first-order chi connectivity index (χ1) is 8.99. The van der Waals surface area contributed by atoms with E-state index < -0.39 is 18.0 Å². The Morgan fingerprint density at radius 1 is 1.21 bits per heavy atom. The number of carbonyl (C=O) groups is 2. The first kappa shape index (κ1) is 18.0. The molecule has 110 valence electrons. The molecule has 0 bridgehead atoms. The number of carbonyl (C=O) groups excluding carboxylic acids is 2. The van der Waals surface area contributed by atoms with E-state index >= 15 is 0 Å². The van der Waals surface area contributed by atoms with Crippen LogP contribution in [0.5, 0.6) is 0 Å². The molecule has 0 aromatic heterocycles. The van der Waals surface area contributed by atoms with Crippen molar-refractivity contribution in [2.24, 2.45) is 0 Å². The predicted molar refractivity (Wildman–Crippen MR) is 75.1 cm³/mol. The third-order valence-corrected chi connectivity index (χ3v) is 2.90. The Morgan fingerprint density at radius 2 is 1.89 bits per heavy atom. The van der Waals surface area contributed by atoms with E-state index in [4.69, 9.17) is 14.2 Å². The molecule has 0 rings (SSSR count). The minimum absolute atomic E-state index is 0.0923. The third kappa shape index (κ3) is 9.55. The summed E-state index contributed by atoms with van der Waals surface area (Å²) in [5, 5.41) is 0. The minimum atomic E-state index is -0.657. The van der Waals surface area contributed by atoms with Gasteiger partial charge in [0.05, 0.1) is 6.61 Å². The first-order valence-electron chi connectivity index (χ1n) is 6.17. The van der Waals surface area contributed by atoms with Gasteiger partial charge in [-0.3, -0.25) is 0 Å². The molecule has 0 fully saturated rings. The van der Waals surface area contributed by atoms with Crippen LogP contribution in [0, 0.1) is 0 Å². The van der Waals surface area contributed by atoms with Crippen LogP contribution < -0.4 is 0 Å². The Bertz CT molecular complexity index is 303. The van der Waals surface area contributed by atoms with Crippen LogP contribution in [0.2, 0.25) is 0 Å². The Morgan fingerprint density at radius 3 is 2.47 bits per heavy atom. The molecule has 5 nitrogen and oxygen atoms in total.